The minimum absolute atomic E-state index is 0.0863. The molecule has 0 radical (unpaired) electrons. The third kappa shape index (κ3) is 2.22. The molecule has 0 amide bonds. The zero-order valence-corrected chi connectivity index (χ0v) is 10.4. The number of nitrogens with two attached hydrogens (primary N) is 1. The van der Waals surface area contributed by atoms with E-state index in [2.05, 4.69) is 0 Å². The van der Waals surface area contributed by atoms with Crippen molar-refractivity contribution in [2.75, 3.05) is 0 Å². The Balaban J connectivity index is 2.45. The summed E-state index contributed by atoms with van der Waals surface area (Å²) in [4.78, 5) is 12.0. The quantitative estimate of drug-likeness (QED) is 0.838. The van der Waals surface area contributed by atoms with E-state index in [1.165, 1.54) is 12.1 Å². The molecule has 0 heterocycles. The highest BCUT2D eigenvalue weighted by Gasteiger charge is 2.41. The molecule has 0 saturated heterocycles. The Kier molecular flexibility index (Phi) is 3.23. The van der Waals surface area contributed by atoms with E-state index in [0.29, 0.717) is 23.8 Å². The molecule has 1 aliphatic carbocycles. The molecule has 0 aromatic heterocycles. The fourth-order valence-corrected chi connectivity index (χ4v) is 2.64. The second-order valence-corrected chi connectivity index (χ2v) is 5.30. The molecular formula is C13H15ClFNO. The maximum Gasteiger partial charge on any atom is 0.157 e. The molecule has 1 aromatic carbocycles. The molecule has 92 valence electrons. The van der Waals surface area contributed by atoms with Gasteiger partial charge >= 0.3 is 0 Å². The number of halogens is 2. The SMILES string of the molecule is CC1CCC(=O)C(N)(c2ccc(Cl)cc2F)C1. The van der Waals surface area contributed by atoms with Gasteiger partial charge in [-0.3, -0.25) is 4.79 Å². The van der Waals surface area contributed by atoms with Gasteiger partial charge in [0.05, 0.1) is 0 Å². The van der Waals surface area contributed by atoms with Crippen molar-refractivity contribution >= 4 is 17.4 Å². The van der Waals surface area contributed by atoms with Crippen LogP contribution in [0.5, 0.6) is 0 Å². The highest BCUT2D eigenvalue weighted by Crippen LogP contribution is 2.36. The van der Waals surface area contributed by atoms with Crippen molar-refractivity contribution in [2.24, 2.45) is 11.7 Å². The summed E-state index contributed by atoms with van der Waals surface area (Å²) in [5.74, 6) is -0.257. The predicted octanol–water partition coefficient (Wildman–Crippen LogP) is 3.02. The van der Waals surface area contributed by atoms with Gasteiger partial charge in [-0.05, 0) is 30.9 Å². The van der Waals surface area contributed by atoms with Crippen LogP contribution in [0.25, 0.3) is 0 Å². The average Bonchev–Trinajstić information content (AvgIpc) is 2.23. The van der Waals surface area contributed by atoms with Gasteiger partial charge in [0.2, 0.25) is 0 Å². The number of ketones is 1. The van der Waals surface area contributed by atoms with Crippen molar-refractivity contribution in [1.82, 2.24) is 0 Å². The average molecular weight is 256 g/mol. The summed E-state index contributed by atoms with van der Waals surface area (Å²) in [7, 11) is 0. The third-order valence-corrected chi connectivity index (χ3v) is 3.68. The molecule has 2 rings (SSSR count). The van der Waals surface area contributed by atoms with E-state index in [9.17, 15) is 9.18 Å². The van der Waals surface area contributed by atoms with E-state index in [1.807, 2.05) is 6.92 Å². The summed E-state index contributed by atoms with van der Waals surface area (Å²) in [6, 6.07) is 4.30. The van der Waals surface area contributed by atoms with E-state index in [-0.39, 0.29) is 11.3 Å². The van der Waals surface area contributed by atoms with Crippen molar-refractivity contribution in [3.63, 3.8) is 0 Å². The van der Waals surface area contributed by atoms with Gasteiger partial charge in [0.25, 0.3) is 0 Å². The fraction of sp³-hybridized carbons (Fsp3) is 0.462. The lowest BCUT2D eigenvalue weighted by molar-refractivity contribution is -0.127. The van der Waals surface area contributed by atoms with Gasteiger partial charge in [-0.25, -0.2) is 4.39 Å². The summed E-state index contributed by atoms with van der Waals surface area (Å²) in [6.45, 7) is 2.03. The standard InChI is InChI=1S/C13H15ClFNO/c1-8-2-5-12(17)13(16,7-8)10-4-3-9(14)6-11(10)15/h3-4,6,8H,2,5,7,16H2,1H3. The van der Waals surface area contributed by atoms with Crippen molar-refractivity contribution in [2.45, 2.75) is 31.7 Å². The van der Waals surface area contributed by atoms with Crippen LogP contribution in [0.2, 0.25) is 5.02 Å². The number of hydrogen-bond donors (Lipinski definition) is 1. The maximum atomic E-state index is 13.9. The van der Waals surface area contributed by atoms with Crippen LogP contribution in [0.4, 0.5) is 4.39 Å². The summed E-state index contributed by atoms with van der Waals surface area (Å²) < 4.78 is 13.9. The van der Waals surface area contributed by atoms with Crippen molar-refractivity contribution in [3.8, 4) is 0 Å². The first-order chi connectivity index (χ1) is 7.93. The molecule has 1 saturated carbocycles. The molecular weight excluding hydrogens is 241 g/mol. The molecule has 0 aliphatic heterocycles. The molecule has 0 bridgehead atoms. The number of rotatable bonds is 1. The van der Waals surface area contributed by atoms with Gasteiger partial charge in [-0.1, -0.05) is 24.6 Å². The molecule has 2 atom stereocenters. The minimum atomic E-state index is -1.19. The van der Waals surface area contributed by atoms with E-state index in [1.54, 1.807) is 6.07 Å². The van der Waals surface area contributed by atoms with Gasteiger partial charge < -0.3 is 5.73 Å². The highest BCUT2D eigenvalue weighted by atomic mass is 35.5. The Morgan fingerprint density at radius 3 is 2.88 bits per heavy atom. The van der Waals surface area contributed by atoms with Crippen LogP contribution in [0.3, 0.4) is 0 Å². The van der Waals surface area contributed by atoms with Crippen molar-refractivity contribution in [3.05, 3.63) is 34.6 Å². The fourth-order valence-electron chi connectivity index (χ4n) is 2.48. The highest BCUT2D eigenvalue weighted by molar-refractivity contribution is 6.30. The van der Waals surface area contributed by atoms with Crippen LogP contribution < -0.4 is 5.73 Å². The minimum Gasteiger partial charge on any atom is -0.315 e. The Morgan fingerprint density at radius 2 is 2.24 bits per heavy atom. The molecule has 0 spiro atoms. The molecule has 2 N–H and O–H groups in total. The largest absolute Gasteiger partial charge is 0.315 e. The van der Waals surface area contributed by atoms with Crippen LogP contribution in [0.15, 0.2) is 18.2 Å². The van der Waals surface area contributed by atoms with Gasteiger partial charge in [-0.2, -0.15) is 0 Å². The van der Waals surface area contributed by atoms with Crippen molar-refractivity contribution in [1.29, 1.82) is 0 Å². The number of benzene rings is 1. The van der Waals surface area contributed by atoms with Crippen LogP contribution in [0, 0.1) is 11.7 Å². The van der Waals surface area contributed by atoms with Crippen molar-refractivity contribution < 1.29 is 9.18 Å². The summed E-state index contributed by atoms with van der Waals surface area (Å²) >= 11 is 5.70. The van der Waals surface area contributed by atoms with E-state index in [0.717, 1.165) is 6.42 Å². The molecule has 17 heavy (non-hydrogen) atoms. The Bertz CT molecular complexity index is 463. The molecule has 1 aliphatic rings. The monoisotopic (exact) mass is 255 g/mol. The Labute approximate surface area is 105 Å². The summed E-state index contributed by atoms with van der Waals surface area (Å²) in [5, 5.41) is 0.311. The first kappa shape index (κ1) is 12.5. The Hall–Kier alpha value is -0.930. The number of carbonyl (C=O) groups is 1. The normalized spacial score (nSPS) is 29.4. The van der Waals surface area contributed by atoms with E-state index in [4.69, 9.17) is 17.3 Å². The lowest BCUT2D eigenvalue weighted by Crippen LogP contribution is -2.49. The molecule has 1 fully saturated rings. The maximum absolute atomic E-state index is 13.9. The molecule has 2 unspecified atom stereocenters. The van der Waals surface area contributed by atoms with Gasteiger partial charge in [0.1, 0.15) is 11.4 Å². The lowest BCUT2D eigenvalue weighted by Gasteiger charge is -2.35. The smallest absolute Gasteiger partial charge is 0.157 e. The first-order valence-electron chi connectivity index (χ1n) is 5.71. The van der Waals surface area contributed by atoms with Crippen LogP contribution in [0.1, 0.15) is 31.7 Å². The first-order valence-corrected chi connectivity index (χ1v) is 6.09. The van der Waals surface area contributed by atoms with Crippen LogP contribution in [-0.2, 0) is 10.3 Å². The Morgan fingerprint density at radius 1 is 1.53 bits per heavy atom. The number of carbonyl (C=O) groups excluding carboxylic acids is 1. The van der Waals surface area contributed by atoms with Gasteiger partial charge in [0, 0.05) is 17.0 Å². The second kappa shape index (κ2) is 4.39. The topological polar surface area (TPSA) is 43.1 Å². The van der Waals surface area contributed by atoms with E-state index >= 15 is 0 Å². The molecule has 2 nitrogen and oxygen atoms in total. The van der Waals surface area contributed by atoms with E-state index < -0.39 is 11.4 Å². The second-order valence-electron chi connectivity index (χ2n) is 4.87. The number of hydrogen-bond acceptors (Lipinski definition) is 2. The van der Waals surface area contributed by atoms with Gasteiger partial charge in [0.15, 0.2) is 5.78 Å². The lowest BCUT2D eigenvalue weighted by atomic mass is 9.72. The third-order valence-electron chi connectivity index (χ3n) is 3.44. The predicted molar refractivity (Wildman–Crippen MR) is 65.3 cm³/mol. The van der Waals surface area contributed by atoms with Crippen LogP contribution in [-0.4, -0.2) is 5.78 Å². The van der Waals surface area contributed by atoms with Crippen LogP contribution >= 0.6 is 11.6 Å². The van der Waals surface area contributed by atoms with Gasteiger partial charge in [-0.15, -0.1) is 0 Å². The zero-order chi connectivity index (χ0) is 12.6. The summed E-state index contributed by atoms with van der Waals surface area (Å²) in [5.41, 5.74) is 5.21. The molecule has 1 aromatic rings. The zero-order valence-electron chi connectivity index (χ0n) is 9.67. The molecule has 4 heteroatoms. The summed E-state index contributed by atoms with van der Waals surface area (Å²) in [6.07, 6.45) is 1.73. The number of Topliss-reactive ketones (excluding diaryl/α,β-unsaturated/α-hetero) is 1.